The number of ether oxygens (including phenoxy) is 1. The lowest BCUT2D eigenvalue weighted by molar-refractivity contribution is 0.415. The Kier molecular flexibility index (Phi) is 5.05. The maximum absolute atomic E-state index is 12.6. The summed E-state index contributed by atoms with van der Waals surface area (Å²) in [5.74, 6) is 0.672. The minimum atomic E-state index is -0.0311. The first-order valence-electron chi connectivity index (χ1n) is 11.1. The molecular weight excluding hydrogens is 428 g/mol. The zero-order chi connectivity index (χ0) is 24.1. The average Bonchev–Trinajstić information content (AvgIpc) is 3.28. The van der Waals surface area contributed by atoms with Gasteiger partial charge in [0.05, 0.1) is 47.1 Å². The molecule has 5 rings (SSSR count). The third-order valence-electron chi connectivity index (χ3n) is 6.53. The van der Waals surface area contributed by atoms with E-state index in [-0.39, 0.29) is 5.56 Å². The van der Waals surface area contributed by atoms with Crippen LogP contribution < -0.4 is 20.1 Å². The Morgan fingerprint density at radius 1 is 1.00 bits per heavy atom. The number of likely N-dealkylation sites (N-methyl/N-ethyl adjacent to an activating group) is 1. The molecule has 4 aromatic rings. The molecule has 0 atom stereocenters. The van der Waals surface area contributed by atoms with Crippen LogP contribution in [0.4, 0.5) is 17.1 Å². The Morgan fingerprint density at radius 2 is 1.79 bits per heavy atom. The molecule has 0 fully saturated rings. The molecule has 1 aliphatic rings. The van der Waals surface area contributed by atoms with Crippen LogP contribution in [0, 0.1) is 25.2 Å². The number of rotatable bonds is 3. The number of aryl methyl sites for hydroxylation is 3. The van der Waals surface area contributed by atoms with Crippen LogP contribution in [0.3, 0.4) is 0 Å². The highest BCUT2D eigenvalue weighted by molar-refractivity contribution is 5.98. The number of benzene rings is 2. The number of nitrogens with zero attached hydrogens (tertiary/aromatic N) is 6. The highest BCUT2D eigenvalue weighted by Crippen LogP contribution is 2.43. The average molecular weight is 455 g/mol. The van der Waals surface area contributed by atoms with Crippen LogP contribution in [0.1, 0.15) is 16.7 Å². The molecule has 0 N–H and O–H groups in total. The lowest BCUT2D eigenvalue weighted by Crippen LogP contribution is -2.37. The number of fused-ring (bicyclic) bond motifs is 2. The van der Waals surface area contributed by atoms with E-state index in [1.54, 1.807) is 29.6 Å². The molecule has 0 amide bonds. The molecule has 0 aliphatic carbocycles. The van der Waals surface area contributed by atoms with Crippen molar-refractivity contribution in [3.8, 4) is 17.5 Å². The number of hydrogen-bond acceptors (Lipinski definition) is 6. The van der Waals surface area contributed by atoms with Gasteiger partial charge in [0.2, 0.25) is 0 Å². The fourth-order valence-electron chi connectivity index (χ4n) is 4.67. The number of pyridine rings is 1. The van der Waals surface area contributed by atoms with Gasteiger partial charge < -0.3 is 19.1 Å². The van der Waals surface area contributed by atoms with Crippen molar-refractivity contribution in [1.29, 1.82) is 5.26 Å². The van der Waals surface area contributed by atoms with Gasteiger partial charge in [0.25, 0.3) is 5.56 Å². The van der Waals surface area contributed by atoms with Crippen LogP contribution in [-0.2, 0) is 7.05 Å². The topological polar surface area (TPSA) is 79.3 Å². The third kappa shape index (κ3) is 3.28. The molecule has 0 saturated heterocycles. The molecule has 0 unspecified atom stereocenters. The van der Waals surface area contributed by atoms with Gasteiger partial charge in [-0.15, -0.1) is 0 Å². The normalized spacial score (nSPS) is 13.2. The molecule has 3 heterocycles. The number of aromatic nitrogens is 3. The number of nitriles is 1. The van der Waals surface area contributed by atoms with Crippen LogP contribution in [0.2, 0.25) is 0 Å². The van der Waals surface area contributed by atoms with E-state index >= 15 is 0 Å². The van der Waals surface area contributed by atoms with Crippen molar-refractivity contribution >= 4 is 28.0 Å². The Balaban J connectivity index is 1.78. The minimum absolute atomic E-state index is 0.0311. The molecule has 0 spiro atoms. The van der Waals surface area contributed by atoms with Gasteiger partial charge in [-0.3, -0.25) is 4.79 Å². The smallest absolute Gasteiger partial charge is 0.253 e. The zero-order valence-electron chi connectivity index (χ0n) is 20.0. The molecule has 0 bridgehead atoms. The molecule has 8 heteroatoms. The molecule has 8 nitrogen and oxygen atoms in total. The molecule has 2 aromatic carbocycles. The first kappa shape index (κ1) is 21.6. The highest BCUT2D eigenvalue weighted by atomic mass is 16.5. The van der Waals surface area contributed by atoms with E-state index in [9.17, 15) is 10.1 Å². The summed E-state index contributed by atoms with van der Waals surface area (Å²) < 4.78 is 9.01. The van der Waals surface area contributed by atoms with E-state index in [0.29, 0.717) is 16.9 Å². The second-order valence-electron chi connectivity index (χ2n) is 8.78. The maximum atomic E-state index is 12.6. The van der Waals surface area contributed by atoms with Crippen molar-refractivity contribution in [2.45, 2.75) is 13.8 Å². The van der Waals surface area contributed by atoms with E-state index in [4.69, 9.17) is 4.74 Å². The second-order valence-corrected chi connectivity index (χ2v) is 8.78. The van der Waals surface area contributed by atoms with Crippen molar-refractivity contribution < 1.29 is 4.74 Å². The van der Waals surface area contributed by atoms with Crippen molar-refractivity contribution in [3.05, 3.63) is 69.8 Å². The molecule has 2 aromatic heterocycles. The zero-order valence-corrected chi connectivity index (χ0v) is 20.0. The van der Waals surface area contributed by atoms with Gasteiger partial charge >= 0.3 is 0 Å². The lowest BCUT2D eigenvalue weighted by atomic mass is 10.0. The Morgan fingerprint density at radius 3 is 2.47 bits per heavy atom. The van der Waals surface area contributed by atoms with E-state index in [0.717, 1.165) is 52.3 Å². The summed E-state index contributed by atoms with van der Waals surface area (Å²) in [6, 6.07) is 12.1. The van der Waals surface area contributed by atoms with E-state index < -0.39 is 0 Å². The van der Waals surface area contributed by atoms with Crippen LogP contribution in [0.5, 0.6) is 5.75 Å². The van der Waals surface area contributed by atoms with Crippen LogP contribution in [0.25, 0.3) is 16.6 Å². The number of methoxy groups -OCH3 is 1. The third-order valence-corrected chi connectivity index (χ3v) is 6.53. The first-order valence-corrected chi connectivity index (χ1v) is 11.1. The van der Waals surface area contributed by atoms with Gasteiger partial charge in [0.1, 0.15) is 11.8 Å². The SMILES string of the molecule is COc1cc(N2CCN(C)c3cc(-n4cc(C)cn4)c(C#N)cc32)c2cc(C)c(=O)n(C)c2c1. The summed E-state index contributed by atoms with van der Waals surface area (Å²) in [4.78, 5) is 17.0. The predicted molar refractivity (Wildman–Crippen MR) is 134 cm³/mol. The Bertz CT molecular complexity index is 1540. The molecule has 0 radical (unpaired) electrons. The first-order chi connectivity index (χ1) is 16.3. The number of hydrogen-bond donors (Lipinski definition) is 0. The van der Waals surface area contributed by atoms with E-state index in [1.165, 1.54) is 0 Å². The summed E-state index contributed by atoms with van der Waals surface area (Å²) in [6.07, 6.45) is 3.70. The molecule has 172 valence electrons. The van der Waals surface area contributed by atoms with Crippen LogP contribution in [0.15, 0.2) is 47.5 Å². The maximum Gasteiger partial charge on any atom is 0.253 e. The number of anilines is 3. The van der Waals surface area contributed by atoms with E-state index in [2.05, 4.69) is 28.0 Å². The van der Waals surface area contributed by atoms with Gasteiger partial charge in [-0.1, -0.05) is 0 Å². The summed E-state index contributed by atoms with van der Waals surface area (Å²) >= 11 is 0. The van der Waals surface area contributed by atoms with Crippen LogP contribution >= 0.6 is 0 Å². The van der Waals surface area contributed by atoms with Crippen molar-refractivity contribution in [2.75, 3.05) is 37.0 Å². The summed E-state index contributed by atoms with van der Waals surface area (Å²) in [5.41, 5.74) is 6.64. The largest absolute Gasteiger partial charge is 0.497 e. The standard InChI is InChI=1S/C26H26N6O2/c1-16-14-28-32(15-16)21-12-24-25(9-18(21)13-27)31(7-6-29(24)3)23-11-19(34-5)10-22-20(23)8-17(2)26(33)30(22)4/h8-12,14-15H,6-7H2,1-5H3. The van der Waals surface area contributed by atoms with Gasteiger partial charge in [-0.05, 0) is 37.6 Å². The predicted octanol–water partition coefficient (Wildman–Crippen LogP) is 3.81. The van der Waals surface area contributed by atoms with E-state index in [1.807, 2.05) is 50.4 Å². The fraction of sp³-hybridized carbons (Fsp3) is 0.269. The van der Waals surface area contributed by atoms with Gasteiger partial charge in [-0.2, -0.15) is 10.4 Å². The summed E-state index contributed by atoms with van der Waals surface area (Å²) in [5, 5.41) is 15.4. The van der Waals surface area contributed by atoms with Crippen LogP contribution in [-0.4, -0.2) is 41.6 Å². The molecular formula is C26H26N6O2. The molecule has 1 aliphatic heterocycles. The van der Waals surface area contributed by atoms with Crippen molar-refractivity contribution in [2.24, 2.45) is 7.05 Å². The summed E-state index contributed by atoms with van der Waals surface area (Å²) in [7, 11) is 5.46. The Labute approximate surface area is 197 Å². The highest BCUT2D eigenvalue weighted by Gasteiger charge is 2.26. The molecule has 34 heavy (non-hydrogen) atoms. The monoisotopic (exact) mass is 454 g/mol. The Hall–Kier alpha value is -4.25. The summed E-state index contributed by atoms with van der Waals surface area (Å²) in [6.45, 7) is 5.32. The quantitative estimate of drug-likeness (QED) is 0.468. The second kappa shape index (κ2) is 7.96. The fourth-order valence-corrected chi connectivity index (χ4v) is 4.67. The van der Waals surface area contributed by atoms with Crippen molar-refractivity contribution in [1.82, 2.24) is 14.3 Å². The van der Waals surface area contributed by atoms with Crippen molar-refractivity contribution in [3.63, 3.8) is 0 Å². The van der Waals surface area contributed by atoms with Gasteiger partial charge in [0, 0.05) is 56.5 Å². The van der Waals surface area contributed by atoms with Gasteiger partial charge in [-0.25, -0.2) is 4.68 Å². The molecule has 0 saturated carbocycles. The van der Waals surface area contributed by atoms with Gasteiger partial charge in [0.15, 0.2) is 0 Å². The minimum Gasteiger partial charge on any atom is -0.497 e. The lowest BCUT2D eigenvalue weighted by Gasteiger charge is -2.38.